The molecule has 1 heterocycles. The first-order valence-electron chi connectivity index (χ1n) is 4.07. The van der Waals surface area contributed by atoms with Crippen LogP contribution in [0.2, 0.25) is 0 Å². The van der Waals surface area contributed by atoms with Crippen LogP contribution in [0.3, 0.4) is 0 Å². The van der Waals surface area contributed by atoms with Crippen LogP contribution in [0.25, 0.3) is 0 Å². The first kappa shape index (κ1) is 7.98. The number of nitrogens with one attached hydrogen (secondary N) is 1. The van der Waals surface area contributed by atoms with Gasteiger partial charge in [0.15, 0.2) is 0 Å². The molecule has 0 fully saturated rings. The van der Waals surface area contributed by atoms with E-state index < -0.39 is 0 Å². The van der Waals surface area contributed by atoms with Crippen molar-refractivity contribution >= 4 is 0 Å². The van der Waals surface area contributed by atoms with Crippen LogP contribution >= 0.6 is 0 Å². The molecule has 0 radical (unpaired) electrons. The van der Waals surface area contributed by atoms with E-state index in [-0.39, 0.29) is 5.82 Å². The number of hydrogen-bond donors (Lipinski definition) is 1. The first-order valence-corrected chi connectivity index (χ1v) is 4.07. The molecular formula is C10H9FN2. The van der Waals surface area contributed by atoms with Gasteiger partial charge in [-0.05, 0) is 17.7 Å². The fourth-order valence-corrected chi connectivity index (χ4v) is 1.24. The van der Waals surface area contributed by atoms with E-state index in [0.29, 0.717) is 6.42 Å². The molecule has 66 valence electrons. The second-order valence-electron chi connectivity index (χ2n) is 2.87. The van der Waals surface area contributed by atoms with E-state index in [1.807, 2.05) is 12.3 Å². The monoisotopic (exact) mass is 176 g/mol. The topological polar surface area (TPSA) is 28.7 Å². The zero-order valence-corrected chi connectivity index (χ0v) is 7.00. The lowest BCUT2D eigenvalue weighted by Gasteiger charge is -1.97. The minimum absolute atomic E-state index is 0.201. The average molecular weight is 176 g/mol. The molecule has 2 nitrogen and oxygen atoms in total. The smallest absolute Gasteiger partial charge is 0.123 e. The number of benzene rings is 1. The summed E-state index contributed by atoms with van der Waals surface area (Å²) in [4.78, 5) is 6.92. The molecule has 1 aromatic carbocycles. The minimum Gasteiger partial charge on any atom is -0.351 e. The van der Waals surface area contributed by atoms with E-state index >= 15 is 0 Å². The van der Waals surface area contributed by atoms with Crippen LogP contribution in [0, 0.1) is 5.82 Å². The third-order valence-electron chi connectivity index (χ3n) is 1.83. The zero-order chi connectivity index (χ0) is 9.10. The fourth-order valence-electron chi connectivity index (χ4n) is 1.24. The van der Waals surface area contributed by atoms with Gasteiger partial charge in [0.2, 0.25) is 0 Å². The average Bonchev–Trinajstić information content (AvgIpc) is 2.57. The summed E-state index contributed by atoms with van der Waals surface area (Å²) < 4.78 is 12.8. The van der Waals surface area contributed by atoms with Crippen molar-refractivity contribution in [3.05, 3.63) is 53.9 Å². The van der Waals surface area contributed by atoms with E-state index in [9.17, 15) is 4.39 Å². The van der Waals surface area contributed by atoms with Crippen LogP contribution in [-0.2, 0) is 6.42 Å². The largest absolute Gasteiger partial charge is 0.351 e. The maximum Gasteiger partial charge on any atom is 0.123 e. The third-order valence-corrected chi connectivity index (χ3v) is 1.83. The minimum atomic E-state index is -0.201. The van der Waals surface area contributed by atoms with Gasteiger partial charge in [-0.3, -0.25) is 0 Å². The molecule has 0 aliphatic carbocycles. The summed E-state index contributed by atoms with van der Waals surface area (Å²) in [5.74, 6) is -0.201. The van der Waals surface area contributed by atoms with Crippen LogP contribution in [-0.4, -0.2) is 9.97 Å². The molecule has 2 rings (SSSR count). The summed E-state index contributed by atoms with van der Waals surface area (Å²) in [5, 5.41) is 0. The molecule has 0 bridgehead atoms. The maximum absolute atomic E-state index is 12.8. The number of H-pyrrole nitrogens is 1. The number of imidazole rings is 1. The van der Waals surface area contributed by atoms with Crippen molar-refractivity contribution in [1.82, 2.24) is 9.97 Å². The molecule has 0 saturated carbocycles. The Morgan fingerprint density at radius 2 is 2.31 bits per heavy atom. The lowest BCUT2D eigenvalue weighted by molar-refractivity contribution is 0.626. The summed E-state index contributed by atoms with van der Waals surface area (Å²) in [7, 11) is 0. The normalized spacial score (nSPS) is 10.2. The Bertz CT molecular complexity index is 382. The molecule has 0 atom stereocenters. The Labute approximate surface area is 75.4 Å². The molecule has 0 spiro atoms. The molecule has 13 heavy (non-hydrogen) atoms. The molecule has 1 N–H and O–H groups in total. The summed E-state index contributed by atoms with van der Waals surface area (Å²) in [6.07, 6.45) is 4.10. The lowest BCUT2D eigenvalue weighted by Crippen LogP contribution is -1.88. The van der Waals surface area contributed by atoms with Gasteiger partial charge in [-0.25, -0.2) is 9.37 Å². The van der Waals surface area contributed by atoms with Crippen molar-refractivity contribution in [2.75, 3.05) is 0 Å². The lowest BCUT2D eigenvalue weighted by atomic mass is 10.1. The van der Waals surface area contributed by atoms with Crippen molar-refractivity contribution in [2.45, 2.75) is 6.42 Å². The summed E-state index contributed by atoms with van der Waals surface area (Å²) in [5.41, 5.74) is 1.86. The van der Waals surface area contributed by atoms with E-state index in [1.165, 1.54) is 12.1 Å². The van der Waals surface area contributed by atoms with E-state index in [1.54, 1.807) is 12.4 Å². The van der Waals surface area contributed by atoms with Crippen LogP contribution < -0.4 is 0 Å². The number of hydrogen-bond acceptors (Lipinski definition) is 1. The van der Waals surface area contributed by atoms with Gasteiger partial charge < -0.3 is 4.98 Å². The van der Waals surface area contributed by atoms with Gasteiger partial charge >= 0.3 is 0 Å². The van der Waals surface area contributed by atoms with Gasteiger partial charge in [0.05, 0.1) is 12.0 Å². The predicted octanol–water partition coefficient (Wildman–Crippen LogP) is 2.14. The second kappa shape index (κ2) is 3.39. The van der Waals surface area contributed by atoms with Crippen molar-refractivity contribution in [3.63, 3.8) is 0 Å². The summed E-state index contributed by atoms with van der Waals surface area (Å²) in [6.45, 7) is 0. The maximum atomic E-state index is 12.8. The first-order chi connectivity index (χ1) is 6.34. The van der Waals surface area contributed by atoms with Crippen molar-refractivity contribution in [2.24, 2.45) is 0 Å². The highest BCUT2D eigenvalue weighted by Crippen LogP contribution is 2.07. The standard InChI is InChI=1S/C10H9FN2/c11-9-3-1-2-8(4-9)5-10-6-12-7-13-10/h1-4,6-7H,5H2,(H,12,13). The van der Waals surface area contributed by atoms with Crippen LogP contribution in [0.5, 0.6) is 0 Å². The summed E-state index contributed by atoms with van der Waals surface area (Å²) >= 11 is 0. The Morgan fingerprint density at radius 1 is 1.38 bits per heavy atom. The molecule has 1 aromatic heterocycles. The van der Waals surface area contributed by atoms with E-state index in [4.69, 9.17) is 0 Å². The molecule has 3 heteroatoms. The number of aromatic amines is 1. The van der Waals surface area contributed by atoms with Gasteiger partial charge in [0, 0.05) is 12.6 Å². The Balaban J connectivity index is 2.19. The second-order valence-corrected chi connectivity index (χ2v) is 2.87. The predicted molar refractivity (Wildman–Crippen MR) is 47.8 cm³/mol. The van der Waals surface area contributed by atoms with Crippen LogP contribution in [0.15, 0.2) is 36.8 Å². The summed E-state index contributed by atoms with van der Waals surface area (Å²) in [6, 6.07) is 6.55. The van der Waals surface area contributed by atoms with Gasteiger partial charge in [-0.15, -0.1) is 0 Å². The van der Waals surface area contributed by atoms with Crippen molar-refractivity contribution < 1.29 is 4.39 Å². The number of aromatic nitrogens is 2. The van der Waals surface area contributed by atoms with Gasteiger partial charge in [0.25, 0.3) is 0 Å². The molecule has 0 aliphatic heterocycles. The zero-order valence-electron chi connectivity index (χ0n) is 7.00. The molecule has 0 aliphatic rings. The molecular weight excluding hydrogens is 167 g/mol. The van der Waals surface area contributed by atoms with E-state index in [2.05, 4.69) is 9.97 Å². The Morgan fingerprint density at radius 3 is 3.00 bits per heavy atom. The number of halogens is 1. The molecule has 2 aromatic rings. The Kier molecular flexibility index (Phi) is 2.08. The van der Waals surface area contributed by atoms with Crippen molar-refractivity contribution in [3.8, 4) is 0 Å². The number of rotatable bonds is 2. The molecule has 0 unspecified atom stereocenters. The number of nitrogens with zero attached hydrogens (tertiary/aromatic N) is 1. The Hall–Kier alpha value is -1.64. The molecule has 0 saturated heterocycles. The SMILES string of the molecule is Fc1cccc(Cc2c[nH]cn2)c1. The van der Waals surface area contributed by atoms with Gasteiger partial charge in [-0.2, -0.15) is 0 Å². The van der Waals surface area contributed by atoms with Crippen molar-refractivity contribution in [1.29, 1.82) is 0 Å². The quantitative estimate of drug-likeness (QED) is 0.746. The van der Waals surface area contributed by atoms with Crippen LogP contribution in [0.1, 0.15) is 11.3 Å². The van der Waals surface area contributed by atoms with Crippen LogP contribution in [0.4, 0.5) is 4.39 Å². The fraction of sp³-hybridized carbons (Fsp3) is 0.100. The molecule has 0 amide bonds. The van der Waals surface area contributed by atoms with Gasteiger partial charge in [0.1, 0.15) is 5.82 Å². The highest BCUT2D eigenvalue weighted by molar-refractivity contribution is 5.21. The van der Waals surface area contributed by atoms with Gasteiger partial charge in [-0.1, -0.05) is 12.1 Å². The third kappa shape index (κ3) is 1.93. The van der Waals surface area contributed by atoms with E-state index in [0.717, 1.165) is 11.3 Å². The highest BCUT2D eigenvalue weighted by atomic mass is 19.1. The highest BCUT2D eigenvalue weighted by Gasteiger charge is 1.98.